The number of nitro benzene ring substituents is 1. The lowest BCUT2D eigenvalue weighted by molar-refractivity contribution is -0.384. The maximum Gasteiger partial charge on any atom is 0.269 e. The van der Waals surface area contributed by atoms with Crippen molar-refractivity contribution in [1.82, 2.24) is 5.32 Å². The fourth-order valence-corrected chi connectivity index (χ4v) is 2.69. The number of non-ortho nitro benzene ring substituents is 1. The van der Waals surface area contributed by atoms with Crippen LogP contribution in [0.3, 0.4) is 0 Å². The second-order valence-corrected chi connectivity index (χ2v) is 5.88. The number of amides is 1. The van der Waals surface area contributed by atoms with Crippen molar-refractivity contribution in [2.45, 2.75) is 0 Å². The van der Waals surface area contributed by atoms with Crippen LogP contribution in [-0.2, 0) is 0 Å². The zero-order valence-corrected chi connectivity index (χ0v) is 14.4. The molecule has 9 heteroatoms. The molecule has 0 saturated heterocycles. The zero-order chi connectivity index (χ0) is 18.5. The van der Waals surface area contributed by atoms with Gasteiger partial charge in [-0.15, -0.1) is 0 Å². The van der Waals surface area contributed by atoms with Crippen molar-refractivity contribution in [3.05, 3.63) is 57.1 Å². The minimum Gasteiger partial charge on any atom is -0.486 e. The standard InChI is InChI=1S/C17H16ClN3O5/c18-14-9-11(10-15-16(14)26-8-7-25-15)17(22)20-6-5-19-12-1-3-13(4-2-12)21(23)24/h1-4,9-10,19H,5-8H2,(H,20,22). The van der Waals surface area contributed by atoms with Gasteiger partial charge in [-0.05, 0) is 24.3 Å². The highest BCUT2D eigenvalue weighted by atomic mass is 35.5. The number of carbonyl (C=O) groups is 1. The SMILES string of the molecule is O=C(NCCNc1ccc([N+](=O)[O-])cc1)c1cc(Cl)c2c(c1)OCCO2. The van der Waals surface area contributed by atoms with Crippen LogP contribution in [0.5, 0.6) is 11.5 Å². The Bertz CT molecular complexity index is 826. The average molecular weight is 378 g/mol. The number of rotatable bonds is 6. The van der Waals surface area contributed by atoms with Crippen molar-refractivity contribution in [2.75, 3.05) is 31.6 Å². The minimum atomic E-state index is -0.456. The second kappa shape index (κ2) is 7.92. The van der Waals surface area contributed by atoms with Gasteiger partial charge in [-0.25, -0.2) is 0 Å². The van der Waals surface area contributed by atoms with E-state index in [1.165, 1.54) is 18.2 Å². The molecule has 8 nitrogen and oxygen atoms in total. The molecule has 0 aliphatic carbocycles. The van der Waals surface area contributed by atoms with E-state index in [1.807, 2.05) is 0 Å². The summed E-state index contributed by atoms with van der Waals surface area (Å²) in [6, 6.07) is 9.19. The molecular formula is C17H16ClN3O5. The molecule has 0 atom stereocenters. The Hall–Kier alpha value is -3.00. The van der Waals surface area contributed by atoms with Gasteiger partial charge in [0.05, 0.1) is 9.95 Å². The van der Waals surface area contributed by atoms with E-state index in [-0.39, 0.29) is 11.6 Å². The van der Waals surface area contributed by atoms with E-state index >= 15 is 0 Å². The number of ether oxygens (including phenoxy) is 2. The summed E-state index contributed by atoms with van der Waals surface area (Å²) in [6.07, 6.45) is 0. The van der Waals surface area contributed by atoms with Gasteiger partial charge in [0.2, 0.25) is 0 Å². The van der Waals surface area contributed by atoms with Crippen LogP contribution in [0.15, 0.2) is 36.4 Å². The highest BCUT2D eigenvalue weighted by Crippen LogP contribution is 2.38. The van der Waals surface area contributed by atoms with Crippen LogP contribution in [-0.4, -0.2) is 37.1 Å². The van der Waals surface area contributed by atoms with Crippen molar-refractivity contribution < 1.29 is 19.2 Å². The van der Waals surface area contributed by atoms with Crippen LogP contribution in [0.1, 0.15) is 10.4 Å². The summed E-state index contributed by atoms with van der Waals surface area (Å²) < 4.78 is 10.9. The first-order valence-corrected chi connectivity index (χ1v) is 8.28. The topological polar surface area (TPSA) is 103 Å². The molecule has 0 aromatic heterocycles. The van der Waals surface area contributed by atoms with Gasteiger partial charge in [0, 0.05) is 36.5 Å². The molecule has 26 heavy (non-hydrogen) atoms. The maximum atomic E-state index is 12.2. The third-order valence-corrected chi connectivity index (χ3v) is 3.96. The van der Waals surface area contributed by atoms with Crippen LogP contribution < -0.4 is 20.1 Å². The molecule has 1 aliphatic heterocycles. The zero-order valence-electron chi connectivity index (χ0n) is 13.7. The molecule has 136 valence electrons. The molecule has 0 fully saturated rings. The first kappa shape index (κ1) is 17.8. The van der Waals surface area contributed by atoms with Crippen molar-refractivity contribution in [2.24, 2.45) is 0 Å². The number of benzene rings is 2. The van der Waals surface area contributed by atoms with Crippen LogP contribution >= 0.6 is 11.6 Å². The molecule has 0 saturated carbocycles. The van der Waals surface area contributed by atoms with Crippen molar-refractivity contribution in [1.29, 1.82) is 0 Å². The minimum absolute atomic E-state index is 0.0272. The lowest BCUT2D eigenvalue weighted by Gasteiger charge is -2.20. The molecule has 1 amide bonds. The summed E-state index contributed by atoms with van der Waals surface area (Å²) in [4.78, 5) is 22.4. The summed E-state index contributed by atoms with van der Waals surface area (Å²) in [6.45, 7) is 1.66. The third-order valence-electron chi connectivity index (χ3n) is 3.68. The Morgan fingerprint density at radius 1 is 1.15 bits per heavy atom. The van der Waals surface area contributed by atoms with Gasteiger partial charge in [-0.3, -0.25) is 14.9 Å². The van der Waals surface area contributed by atoms with Crippen LogP contribution in [0, 0.1) is 10.1 Å². The Kier molecular flexibility index (Phi) is 5.43. The van der Waals surface area contributed by atoms with Crippen LogP contribution in [0.25, 0.3) is 0 Å². The highest BCUT2D eigenvalue weighted by molar-refractivity contribution is 6.32. The van der Waals surface area contributed by atoms with Crippen molar-refractivity contribution in [3.63, 3.8) is 0 Å². The highest BCUT2D eigenvalue weighted by Gasteiger charge is 2.19. The van der Waals surface area contributed by atoms with E-state index in [0.717, 1.165) is 5.69 Å². The first-order chi connectivity index (χ1) is 12.5. The number of fused-ring (bicyclic) bond motifs is 1. The van der Waals surface area contributed by atoms with Gasteiger partial charge in [0.1, 0.15) is 13.2 Å². The van der Waals surface area contributed by atoms with Gasteiger partial charge in [-0.1, -0.05) is 11.6 Å². The average Bonchev–Trinajstić information content (AvgIpc) is 2.65. The van der Waals surface area contributed by atoms with E-state index in [2.05, 4.69) is 10.6 Å². The summed E-state index contributed by atoms with van der Waals surface area (Å²) in [5.41, 5.74) is 1.14. The third kappa shape index (κ3) is 4.15. The number of carbonyl (C=O) groups excluding carboxylic acids is 1. The predicted octanol–water partition coefficient (Wildman–Crippen LogP) is 2.86. The number of hydrogen-bond donors (Lipinski definition) is 2. The van der Waals surface area contributed by atoms with Crippen LogP contribution in [0.4, 0.5) is 11.4 Å². The van der Waals surface area contributed by atoms with Gasteiger partial charge in [0.15, 0.2) is 11.5 Å². The molecule has 1 heterocycles. The van der Waals surface area contributed by atoms with Gasteiger partial charge in [-0.2, -0.15) is 0 Å². The number of hydrogen-bond acceptors (Lipinski definition) is 6. The summed E-state index contributed by atoms with van der Waals surface area (Å²) in [5.74, 6) is 0.626. The quantitative estimate of drug-likeness (QED) is 0.456. The molecule has 3 rings (SSSR count). The molecule has 2 N–H and O–H groups in total. The molecule has 0 spiro atoms. The maximum absolute atomic E-state index is 12.2. The Morgan fingerprint density at radius 3 is 2.62 bits per heavy atom. The molecule has 1 aliphatic rings. The van der Waals surface area contributed by atoms with Crippen LogP contribution in [0.2, 0.25) is 5.02 Å². The first-order valence-electron chi connectivity index (χ1n) is 7.90. The number of nitrogens with zero attached hydrogens (tertiary/aromatic N) is 1. The fraction of sp³-hybridized carbons (Fsp3) is 0.235. The van der Waals surface area contributed by atoms with E-state index in [0.29, 0.717) is 48.4 Å². The number of halogens is 1. The van der Waals surface area contributed by atoms with E-state index in [4.69, 9.17) is 21.1 Å². The number of nitrogens with one attached hydrogen (secondary N) is 2. The lowest BCUT2D eigenvalue weighted by atomic mass is 10.1. The monoisotopic (exact) mass is 377 g/mol. The molecule has 0 unspecified atom stereocenters. The summed E-state index contributed by atoms with van der Waals surface area (Å²) in [7, 11) is 0. The Balaban J connectivity index is 1.51. The largest absolute Gasteiger partial charge is 0.486 e. The number of anilines is 1. The molecule has 0 bridgehead atoms. The second-order valence-electron chi connectivity index (χ2n) is 5.47. The summed E-state index contributed by atoms with van der Waals surface area (Å²) >= 11 is 6.12. The smallest absolute Gasteiger partial charge is 0.269 e. The van der Waals surface area contributed by atoms with E-state index in [1.54, 1.807) is 18.2 Å². The fourth-order valence-electron chi connectivity index (χ4n) is 2.43. The lowest BCUT2D eigenvalue weighted by Crippen LogP contribution is -2.29. The molecule has 2 aromatic carbocycles. The van der Waals surface area contributed by atoms with Crippen molar-refractivity contribution in [3.8, 4) is 11.5 Å². The normalized spacial score (nSPS) is 12.3. The molecule has 2 aromatic rings. The van der Waals surface area contributed by atoms with E-state index < -0.39 is 4.92 Å². The molecule has 0 radical (unpaired) electrons. The molecular weight excluding hydrogens is 362 g/mol. The number of nitro groups is 1. The Labute approximate surface area is 154 Å². The van der Waals surface area contributed by atoms with E-state index in [9.17, 15) is 14.9 Å². The van der Waals surface area contributed by atoms with Gasteiger partial charge < -0.3 is 20.1 Å². The Morgan fingerprint density at radius 2 is 1.88 bits per heavy atom. The van der Waals surface area contributed by atoms with Gasteiger partial charge in [0.25, 0.3) is 11.6 Å². The predicted molar refractivity (Wildman–Crippen MR) is 96.4 cm³/mol. The van der Waals surface area contributed by atoms with Crippen molar-refractivity contribution >= 4 is 28.9 Å². The van der Waals surface area contributed by atoms with Gasteiger partial charge >= 0.3 is 0 Å². The summed E-state index contributed by atoms with van der Waals surface area (Å²) in [5, 5.41) is 16.8.